The van der Waals surface area contributed by atoms with E-state index >= 15 is 0 Å². The molecule has 0 aliphatic rings. The van der Waals surface area contributed by atoms with Crippen LogP contribution in [0, 0.1) is 13.8 Å². The lowest BCUT2D eigenvalue weighted by Gasteiger charge is -2.09. The molecule has 0 spiro atoms. The molecule has 20 heavy (non-hydrogen) atoms. The summed E-state index contributed by atoms with van der Waals surface area (Å²) >= 11 is 11.8. The molecule has 2 rings (SSSR count). The number of ether oxygens (including phenoxy) is 1. The first-order valence-electron chi connectivity index (χ1n) is 5.86. The van der Waals surface area contributed by atoms with E-state index in [1.54, 1.807) is 25.1 Å². The summed E-state index contributed by atoms with van der Waals surface area (Å²) in [6, 6.07) is 4.82. The molecule has 0 saturated heterocycles. The Morgan fingerprint density at radius 3 is 2.80 bits per heavy atom. The number of nitrogens with one attached hydrogen (secondary N) is 2. The molecule has 0 bridgehead atoms. The van der Waals surface area contributed by atoms with Gasteiger partial charge >= 0.3 is 0 Å². The van der Waals surface area contributed by atoms with Crippen LogP contribution < -0.4 is 10.1 Å². The Labute approximate surface area is 126 Å². The minimum atomic E-state index is -0.298. The van der Waals surface area contributed by atoms with Gasteiger partial charge < -0.3 is 10.1 Å². The number of hydrogen-bond donors (Lipinski definition) is 2. The van der Waals surface area contributed by atoms with Crippen LogP contribution in [0.25, 0.3) is 0 Å². The summed E-state index contributed by atoms with van der Waals surface area (Å²) < 4.78 is 5.35. The summed E-state index contributed by atoms with van der Waals surface area (Å²) in [4.78, 5) is 11.8. The number of anilines is 1. The van der Waals surface area contributed by atoms with Crippen LogP contribution in [0.4, 0.5) is 5.69 Å². The number of carbonyl (C=O) groups is 1. The Morgan fingerprint density at radius 2 is 2.15 bits per heavy atom. The van der Waals surface area contributed by atoms with Crippen LogP contribution in [0.3, 0.4) is 0 Å². The lowest BCUT2D eigenvalue weighted by atomic mass is 10.3. The third kappa shape index (κ3) is 3.43. The number of rotatable bonds is 4. The molecule has 0 fully saturated rings. The zero-order valence-electron chi connectivity index (χ0n) is 11.0. The van der Waals surface area contributed by atoms with E-state index in [9.17, 15) is 4.79 Å². The van der Waals surface area contributed by atoms with E-state index in [0.717, 1.165) is 11.4 Å². The molecule has 2 aromatic rings. The zero-order valence-corrected chi connectivity index (χ0v) is 12.5. The van der Waals surface area contributed by atoms with Gasteiger partial charge in [0.2, 0.25) is 0 Å². The van der Waals surface area contributed by atoms with Crippen molar-refractivity contribution in [3.05, 3.63) is 39.6 Å². The molecule has 5 nitrogen and oxygen atoms in total. The molecular weight excluding hydrogens is 301 g/mol. The average Bonchev–Trinajstić information content (AvgIpc) is 2.71. The summed E-state index contributed by atoms with van der Waals surface area (Å²) in [6.07, 6.45) is 0. The van der Waals surface area contributed by atoms with Gasteiger partial charge in [0.1, 0.15) is 5.75 Å². The fourth-order valence-electron chi connectivity index (χ4n) is 1.64. The van der Waals surface area contributed by atoms with Gasteiger partial charge in [0.15, 0.2) is 6.61 Å². The number of nitrogens with zero attached hydrogens (tertiary/aromatic N) is 1. The van der Waals surface area contributed by atoms with Crippen LogP contribution in [-0.2, 0) is 4.79 Å². The van der Waals surface area contributed by atoms with Crippen LogP contribution in [0.2, 0.25) is 10.0 Å². The van der Waals surface area contributed by atoms with Gasteiger partial charge in [0, 0.05) is 11.1 Å². The first-order chi connectivity index (χ1) is 9.47. The van der Waals surface area contributed by atoms with E-state index in [1.165, 1.54) is 0 Å². The van der Waals surface area contributed by atoms with E-state index in [4.69, 9.17) is 27.9 Å². The molecule has 0 unspecified atom stereocenters. The smallest absolute Gasteiger partial charge is 0.262 e. The third-order valence-corrected chi connectivity index (χ3v) is 3.19. The number of halogens is 2. The van der Waals surface area contributed by atoms with Crippen molar-refractivity contribution >= 4 is 34.8 Å². The molecule has 2 N–H and O–H groups in total. The van der Waals surface area contributed by atoms with Crippen molar-refractivity contribution in [2.45, 2.75) is 13.8 Å². The van der Waals surface area contributed by atoms with Gasteiger partial charge in [-0.05, 0) is 26.0 Å². The number of aryl methyl sites for hydroxylation is 2. The van der Waals surface area contributed by atoms with E-state index in [0.29, 0.717) is 21.5 Å². The lowest BCUT2D eigenvalue weighted by molar-refractivity contribution is -0.118. The molecule has 7 heteroatoms. The standard InChI is InChI=1S/C13H13Cl2N3O2/c1-7-13(8(2)18-17-7)16-12(19)6-20-11-5-9(14)3-4-10(11)15/h3-5H,6H2,1-2H3,(H,16,19)(H,17,18). The fraction of sp³-hybridized carbons (Fsp3) is 0.231. The first-order valence-corrected chi connectivity index (χ1v) is 6.62. The highest BCUT2D eigenvalue weighted by molar-refractivity contribution is 6.34. The second-order valence-electron chi connectivity index (χ2n) is 4.22. The van der Waals surface area contributed by atoms with Crippen LogP contribution in [0.1, 0.15) is 11.4 Å². The van der Waals surface area contributed by atoms with E-state index < -0.39 is 0 Å². The SMILES string of the molecule is Cc1n[nH]c(C)c1NC(=O)COc1cc(Cl)ccc1Cl. The summed E-state index contributed by atoms with van der Waals surface area (Å²) in [6.45, 7) is 3.46. The maximum absolute atomic E-state index is 11.8. The molecule has 1 heterocycles. The zero-order chi connectivity index (χ0) is 14.7. The van der Waals surface area contributed by atoms with Gasteiger partial charge in [-0.15, -0.1) is 0 Å². The number of H-pyrrole nitrogens is 1. The number of carbonyl (C=O) groups excluding carboxylic acids is 1. The minimum Gasteiger partial charge on any atom is -0.482 e. The van der Waals surface area contributed by atoms with Gasteiger partial charge in [-0.2, -0.15) is 5.10 Å². The van der Waals surface area contributed by atoms with Crippen molar-refractivity contribution in [1.82, 2.24) is 10.2 Å². The van der Waals surface area contributed by atoms with Crippen LogP contribution >= 0.6 is 23.2 Å². The Hall–Kier alpha value is -1.72. The molecule has 0 atom stereocenters. The average molecular weight is 314 g/mol. The number of aromatic nitrogens is 2. The fourth-order valence-corrected chi connectivity index (χ4v) is 1.98. The molecule has 0 aliphatic heterocycles. The highest BCUT2D eigenvalue weighted by atomic mass is 35.5. The summed E-state index contributed by atoms with van der Waals surface area (Å²) in [5, 5.41) is 10.4. The number of amides is 1. The molecule has 0 saturated carbocycles. The van der Waals surface area contributed by atoms with Crippen LogP contribution in [-0.4, -0.2) is 22.7 Å². The van der Waals surface area contributed by atoms with Gasteiger partial charge in [-0.1, -0.05) is 23.2 Å². The highest BCUT2D eigenvalue weighted by Crippen LogP contribution is 2.27. The second-order valence-corrected chi connectivity index (χ2v) is 5.06. The molecular formula is C13H13Cl2N3O2. The summed E-state index contributed by atoms with van der Waals surface area (Å²) in [5.74, 6) is 0.0728. The quantitative estimate of drug-likeness (QED) is 0.909. The van der Waals surface area contributed by atoms with Crippen LogP contribution in [0.5, 0.6) is 5.75 Å². The maximum atomic E-state index is 11.8. The number of benzene rings is 1. The molecule has 106 valence electrons. The predicted molar refractivity (Wildman–Crippen MR) is 78.6 cm³/mol. The molecule has 1 amide bonds. The third-order valence-electron chi connectivity index (χ3n) is 2.64. The van der Waals surface area contributed by atoms with Gasteiger partial charge in [0.25, 0.3) is 5.91 Å². The van der Waals surface area contributed by atoms with Crippen molar-refractivity contribution in [3.8, 4) is 5.75 Å². The van der Waals surface area contributed by atoms with E-state index in [2.05, 4.69) is 15.5 Å². The van der Waals surface area contributed by atoms with E-state index in [-0.39, 0.29) is 12.5 Å². The van der Waals surface area contributed by atoms with Crippen LogP contribution in [0.15, 0.2) is 18.2 Å². The molecule has 1 aromatic heterocycles. The Morgan fingerprint density at radius 1 is 1.40 bits per heavy atom. The van der Waals surface area contributed by atoms with Crippen molar-refractivity contribution < 1.29 is 9.53 Å². The van der Waals surface area contributed by atoms with Gasteiger partial charge in [-0.25, -0.2) is 0 Å². The van der Waals surface area contributed by atoms with Gasteiger partial charge in [-0.3, -0.25) is 9.89 Å². The van der Waals surface area contributed by atoms with E-state index in [1.807, 2.05) is 6.92 Å². The largest absolute Gasteiger partial charge is 0.482 e. The summed E-state index contributed by atoms with van der Waals surface area (Å²) in [7, 11) is 0. The Balaban J connectivity index is 1.97. The molecule has 0 radical (unpaired) electrons. The van der Waals surface area contributed by atoms with Crippen molar-refractivity contribution in [3.63, 3.8) is 0 Å². The lowest BCUT2D eigenvalue weighted by Crippen LogP contribution is -2.20. The minimum absolute atomic E-state index is 0.163. The normalized spacial score (nSPS) is 10.4. The maximum Gasteiger partial charge on any atom is 0.262 e. The predicted octanol–water partition coefficient (Wildman–Crippen LogP) is 3.35. The number of hydrogen-bond acceptors (Lipinski definition) is 3. The second kappa shape index (κ2) is 6.15. The number of aromatic amines is 1. The summed E-state index contributed by atoms with van der Waals surface area (Å²) in [5.41, 5.74) is 2.17. The molecule has 1 aromatic carbocycles. The van der Waals surface area contributed by atoms with Crippen molar-refractivity contribution in [2.75, 3.05) is 11.9 Å². The van der Waals surface area contributed by atoms with Gasteiger partial charge in [0.05, 0.1) is 22.1 Å². The Bertz CT molecular complexity index is 621. The van der Waals surface area contributed by atoms with Crippen molar-refractivity contribution in [2.24, 2.45) is 0 Å². The first kappa shape index (κ1) is 14.7. The Kier molecular flexibility index (Phi) is 4.52. The monoisotopic (exact) mass is 313 g/mol. The topological polar surface area (TPSA) is 67.0 Å². The molecule has 0 aliphatic carbocycles. The highest BCUT2D eigenvalue weighted by Gasteiger charge is 2.11. The van der Waals surface area contributed by atoms with Crippen molar-refractivity contribution in [1.29, 1.82) is 0 Å².